The van der Waals surface area contributed by atoms with Crippen LogP contribution in [0, 0.1) is 0 Å². The number of carboxylic acid groups (broad SMARTS) is 2. The highest BCUT2D eigenvalue weighted by atomic mass is 28.4. The number of aliphatic carboxylic acids is 2. The summed E-state index contributed by atoms with van der Waals surface area (Å²) in [5.74, 6) is -2.00. The topological polar surface area (TPSA) is 93.1 Å². The van der Waals surface area contributed by atoms with Crippen LogP contribution >= 0.6 is 0 Å². The SMILES string of the molecule is CC(C)(C)[Si](C)(C)OCCCCC(=C\C=C\C(=O)O)/C(=C/C=C/C(=O)O)CCCCO[Si](C)(C)C(C)(C)C. The Kier molecular flexibility index (Phi) is 15.6. The van der Waals surface area contributed by atoms with E-state index in [2.05, 4.69) is 67.7 Å². The van der Waals surface area contributed by atoms with Crippen molar-refractivity contribution in [3.63, 3.8) is 0 Å². The van der Waals surface area contributed by atoms with Gasteiger partial charge in [-0.2, -0.15) is 0 Å². The zero-order valence-corrected chi connectivity index (χ0v) is 27.6. The van der Waals surface area contributed by atoms with Crippen LogP contribution in [-0.4, -0.2) is 52.0 Å². The maximum atomic E-state index is 11.0. The molecule has 0 radical (unpaired) electrons. The van der Waals surface area contributed by atoms with Crippen molar-refractivity contribution in [2.24, 2.45) is 0 Å². The third-order valence-corrected chi connectivity index (χ3v) is 16.8. The van der Waals surface area contributed by atoms with Gasteiger partial charge in [0.15, 0.2) is 16.6 Å². The first-order valence-electron chi connectivity index (χ1n) is 13.8. The normalized spacial score (nSPS) is 14.6. The molecule has 0 aliphatic heterocycles. The van der Waals surface area contributed by atoms with Gasteiger partial charge in [0, 0.05) is 25.4 Å². The smallest absolute Gasteiger partial charge is 0.328 e. The molecule has 0 aliphatic carbocycles. The molecule has 0 fully saturated rings. The highest BCUT2D eigenvalue weighted by molar-refractivity contribution is 6.74. The molecule has 0 heterocycles. The van der Waals surface area contributed by atoms with E-state index in [1.165, 1.54) is 0 Å². The highest BCUT2D eigenvalue weighted by Gasteiger charge is 2.37. The molecule has 0 spiro atoms. The molecule has 38 heavy (non-hydrogen) atoms. The van der Waals surface area contributed by atoms with Crippen LogP contribution < -0.4 is 0 Å². The van der Waals surface area contributed by atoms with E-state index >= 15 is 0 Å². The monoisotopic (exact) mass is 566 g/mol. The van der Waals surface area contributed by atoms with E-state index in [0.29, 0.717) is 13.2 Å². The maximum absolute atomic E-state index is 11.0. The predicted molar refractivity (Wildman–Crippen MR) is 164 cm³/mol. The van der Waals surface area contributed by atoms with E-state index < -0.39 is 28.6 Å². The van der Waals surface area contributed by atoms with Crippen LogP contribution in [0.2, 0.25) is 36.3 Å². The maximum Gasteiger partial charge on any atom is 0.328 e. The molecule has 0 saturated carbocycles. The Balaban J connectivity index is 5.43. The Labute approximate surface area is 234 Å². The van der Waals surface area contributed by atoms with Gasteiger partial charge < -0.3 is 19.1 Å². The average Bonchev–Trinajstić information content (AvgIpc) is 2.74. The van der Waals surface area contributed by atoms with E-state index in [9.17, 15) is 9.59 Å². The molecule has 2 N–H and O–H groups in total. The van der Waals surface area contributed by atoms with Crippen LogP contribution in [-0.2, 0) is 18.4 Å². The average molecular weight is 567 g/mol. The Hall–Kier alpha value is -1.75. The summed E-state index contributed by atoms with van der Waals surface area (Å²) in [6.07, 6.45) is 14.2. The lowest BCUT2D eigenvalue weighted by Crippen LogP contribution is -2.40. The summed E-state index contributed by atoms with van der Waals surface area (Å²) in [7, 11) is -3.59. The largest absolute Gasteiger partial charge is 0.478 e. The minimum Gasteiger partial charge on any atom is -0.478 e. The van der Waals surface area contributed by atoms with Gasteiger partial charge in [0.1, 0.15) is 0 Å². The number of carbonyl (C=O) groups is 2. The van der Waals surface area contributed by atoms with Gasteiger partial charge in [0.05, 0.1) is 0 Å². The van der Waals surface area contributed by atoms with Gasteiger partial charge in [-0.25, -0.2) is 9.59 Å². The first-order valence-corrected chi connectivity index (χ1v) is 19.6. The summed E-state index contributed by atoms with van der Waals surface area (Å²) in [6, 6.07) is 0. The van der Waals surface area contributed by atoms with Gasteiger partial charge >= 0.3 is 11.9 Å². The summed E-state index contributed by atoms with van der Waals surface area (Å²) in [4.78, 5) is 22.1. The third-order valence-electron chi connectivity index (χ3n) is 7.70. The summed E-state index contributed by atoms with van der Waals surface area (Å²) >= 11 is 0. The Morgan fingerprint density at radius 1 is 0.632 bits per heavy atom. The van der Waals surface area contributed by atoms with E-state index in [1.54, 1.807) is 12.2 Å². The van der Waals surface area contributed by atoms with Crippen LogP contribution in [0.3, 0.4) is 0 Å². The Morgan fingerprint density at radius 3 is 1.21 bits per heavy atom. The molecule has 0 aromatic carbocycles. The minimum absolute atomic E-state index is 0.167. The molecule has 0 aliphatic rings. The lowest BCUT2D eigenvalue weighted by atomic mass is 9.94. The number of allylic oxidation sites excluding steroid dienone is 6. The second-order valence-corrected chi connectivity index (χ2v) is 22.5. The van der Waals surface area contributed by atoms with Crippen molar-refractivity contribution in [1.82, 2.24) is 0 Å². The van der Waals surface area contributed by atoms with E-state index in [-0.39, 0.29) is 10.1 Å². The van der Waals surface area contributed by atoms with Gasteiger partial charge in [-0.1, -0.05) is 65.8 Å². The molecule has 0 aromatic heterocycles. The molecule has 0 atom stereocenters. The fourth-order valence-corrected chi connectivity index (χ4v) is 5.29. The fourth-order valence-electron chi connectivity index (χ4n) is 3.12. The lowest BCUT2D eigenvalue weighted by Gasteiger charge is -2.36. The van der Waals surface area contributed by atoms with Crippen LogP contribution in [0.1, 0.15) is 80.1 Å². The van der Waals surface area contributed by atoms with Crippen molar-refractivity contribution < 1.29 is 28.7 Å². The number of hydrogen-bond acceptors (Lipinski definition) is 4. The predicted octanol–water partition coefficient (Wildman–Crippen LogP) is 8.51. The van der Waals surface area contributed by atoms with E-state index in [1.807, 2.05) is 12.2 Å². The quantitative estimate of drug-likeness (QED) is 0.0793. The molecule has 8 heteroatoms. The zero-order valence-electron chi connectivity index (χ0n) is 25.6. The van der Waals surface area contributed by atoms with Gasteiger partial charge in [0.25, 0.3) is 0 Å². The van der Waals surface area contributed by atoms with Gasteiger partial charge in [-0.05, 0) is 85.9 Å². The lowest BCUT2D eigenvalue weighted by molar-refractivity contribution is -0.132. The molecule has 0 aromatic rings. The Bertz CT molecular complexity index is 796. The zero-order chi connectivity index (χ0) is 29.6. The Morgan fingerprint density at radius 2 is 0.947 bits per heavy atom. The highest BCUT2D eigenvalue weighted by Crippen LogP contribution is 2.37. The molecule has 0 unspecified atom stereocenters. The van der Waals surface area contributed by atoms with Crippen molar-refractivity contribution in [2.45, 2.75) is 116 Å². The van der Waals surface area contributed by atoms with Gasteiger partial charge in [-0.3, -0.25) is 0 Å². The number of carboxylic acids is 2. The fraction of sp³-hybridized carbons (Fsp3) is 0.667. The van der Waals surface area contributed by atoms with E-state index in [4.69, 9.17) is 19.1 Å². The molecular weight excluding hydrogens is 512 g/mol. The summed E-state index contributed by atoms with van der Waals surface area (Å²) in [6.45, 7) is 23.8. The minimum atomic E-state index is -1.79. The first kappa shape index (κ1) is 36.3. The first-order chi connectivity index (χ1) is 17.3. The number of rotatable bonds is 17. The second-order valence-electron chi connectivity index (χ2n) is 12.9. The van der Waals surface area contributed by atoms with Crippen molar-refractivity contribution in [3.05, 3.63) is 47.6 Å². The van der Waals surface area contributed by atoms with Crippen molar-refractivity contribution in [3.8, 4) is 0 Å². The van der Waals surface area contributed by atoms with Gasteiger partial charge in [0.2, 0.25) is 0 Å². The molecule has 0 saturated heterocycles. The summed E-state index contributed by atoms with van der Waals surface area (Å²) < 4.78 is 12.6. The molecule has 6 nitrogen and oxygen atoms in total. The van der Waals surface area contributed by atoms with E-state index in [0.717, 1.165) is 61.8 Å². The molecule has 0 bridgehead atoms. The van der Waals surface area contributed by atoms with Gasteiger partial charge in [-0.15, -0.1) is 0 Å². The summed E-state index contributed by atoms with van der Waals surface area (Å²) in [5.41, 5.74) is 2.05. The van der Waals surface area contributed by atoms with Crippen LogP contribution in [0.15, 0.2) is 47.6 Å². The van der Waals surface area contributed by atoms with Crippen molar-refractivity contribution >= 4 is 28.6 Å². The standard InChI is InChI=1S/C30H54O6Si2/c1-29(2,3)37(7,8)35-23-13-11-17-25(19-15-21-27(31)32)26(20-16-22-28(33)34)18-12-14-24-36-38(9,10)30(4,5)6/h15-16,19-22H,11-14,17-18,23-24H2,1-10H3,(H,31,32)(H,33,34)/b21-15+,22-16+,25-19+,26-20+. The van der Waals surface area contributed by atoms with Crippen molar-refractivity contribution in [1.29, 1.82) is 0 Å². The number of unbranched alkanes of at least 4 members (excludes halogenated alkanes) is 2. The summed E-state index contributed by atoms with van der Waals surface area (Å²) in [5, 5.41) is 18.4. The number of hydrogen-bond donors (Lipinski definition) is 2. The van der Waals surface area contributed by atoms with Crippen molar-refractivity contribution in [2.75, 3.05) is 13.2 Å². The molecular formula is C30H54O6Si2. The van der Waals surface area contributed by atoms with Crippen LogP contribution in [0.4, 0.5) is 0 Å². The second kappa shape index (κ2) is 16.4. The molecule has 0 amide bonds. The molecule has 0 rings (SSSR count). The third kappa shape index (κ3) is 15.0. The molecule has 218 valence electrons. The van der Waals surface area contributed by atoms with Crippen LogP contribution in [0.25, 0.3) is 0 Å². The van der Waals surface area contributed by atoms with Crippen LogP contribution in [0.5, 0.6) is 0 Å².